The zero-order chi connectivity index (χ0) is 7.98. The lowest BCUT2D eigenvalue weighted by Crippen LogP contribution is -2.24. The van der Waals surface area contributed by atoms with Gasteiger partial charge in [0.1, 0.15) is 0 Å². The van der Waals surface area contributed by atoms with E-state index >= 15 is 0 Å². The van der Waals surface area contributed by atoms with Gasteiger partial charge in [-0.25, -0.2) is 4.79 Å². The predicted octanol–water partition coefficient (Wildman–Crippen LogP) is -0.485. The molecule has 0 aliphatic carbocycles. The Balaban J connectivity index is 3.35. The average Bonchev–Trinajstić information content (AvgIpc) is 1.99. The number of hydrogen-bond acceptors (Lipinski definition) is 4. The van der Waals surface area contributed by atoms with Crippen molar-refractivity contribution in [1.29, 1.82) is 0 Å². The van der Waals surface area contributed by atoms with E-state index in [0.29, 0.717) is 0 Å². The van der Waals surface area contributed by atoms with E-state index in [9.17, 15) is 9.59 Å². The number of methoxy groups -OCH3 is 1. The van der Waals surface area contributed by atoms with Crippen LogP contribution in [-0.4, -0.2) is 32.8 Å². The van der Waals surface area contributed by atoms with Gasteiger partial charge in [-0.2, -0.15) is 0 Å². The molecule has 0 saturated heterocycles. The number of likely N-dealkylation sites (N-methyl/N-ethyl adjacent to an activating group) is 1. The quantitative estimate of drug-likeness (QED) is 0.535. The third-order valence-electron chi connectivity index (χ3n) is 0.767. The first-order valence-corrected chi connectivity index (χ1v) is 2.62. The molecule has 0 fully saturated rings. The van der Waals surface area contributed by atoms with Crippen LogP contribution in [0, 0.1) is 0 Å². The molecule has 0 bridgehead atoms. The second-order valence-corrected chi connectivity index (χ2v) is 1.42. The molecule has 0 aliphatic heterocycles. The molecule has 0 heterocycles. The summed E-state index contributed by atoms with van der Waals surface area (Å²) in [4.78, 5) is 20.6. The largest absolute Gasteiger partial charge is 0.508 e. The van der Waals surface area contributed by atoms with Gasteiger partial charge in [0, 0.05) is 7.05 Å². The first kappa shape index (κ1) is 8.74. The van der Waals surface area contributed by atoms with E-state index in [1.807, 2.05) is 0 Å². The Kier molecular flexibility index (Phi) is 4.02. The first-order valence-electron chi connectivity index (χ1n) is 2.62. The summed E-state index contributed by atoms with van der Waals surface area (Å²) in [5, 5.41) is 2.27. The molecule has 58 valence electrons. The topological polar surface area (TPSA) is 64.6 Å². The number of ether oxygens (including phenoxy) is 2. The zero-order valence-electron chi connectivity index (χ0n) is 5.84. The lowest BCUT2D eigenvalue weighted by Gasteiger charge is -1.99. The number of amides is 1. The average molecular weight is 147 g/mol. The molecule has 1 amide bonds. The van der Waals surface area contributed by atoms with Gasteiger partial charge >= 0.3 is 6.16 Å². The Hall–Kier alpha value is -1.26. The Morgan fingerprint density at radius 2 is 2.10 bits per heavy atom. The van der Waals surface area contributed by atoms with Crippen LogP contribution < -0.4 is 5.32 Å². The third-order valence-corrected chi connectivity index (χ3v) is 0.767. The van der Waals surface area contributed by atoms with Crippen molar-refractivity contribution in [2.45, 2.75) is 0 Å². The summed E-state index contributed by atoms with van der Waals surface area (Å²) < 4.78 is 8.37. The highest BCUT2D eigenvalue weighted by atomic mass is 16.7. The monoisotopic (exact) mass is 147 g/mol. The molecule has 10 heavy (non-hydrogen) atoms. The highest BCUT2D eigenvalue weighted by Gasteiger charge is 2.03. The van der Waals surface area contributed by atoms with Gasteiger partial charge < -0.3 is 14.8 Å². The molecule has 1 N–H and O–H groups in total. The van der Waals surface area contributed by atoms with Crippen molar-refractivity contribution >= 4 is 12.1 Å². The fraction of sp³-hybridized carbons (Fsp3) is 0.600. The van der Waals surface area contributed by atoms with E-state index < -0.39 is 6.16 Å². The van der Waals surface area contributed by atoms with Crippen LogP contribution in [0.15, 0.2) is 0 Å². The van der Waals surface area contributed by atoms with E-state index in [1.165, 1.54) is 14.2 Å². The van der Waals surface area contributed by atoms with Crippen LogP contribution in [0.4, 0.5) is 4.79 Å². The molecule has 5 nitrogen and oxygen atoms in total. The molecule has 5 heteroatoms. The Morgan fingerprint density at radius 3 is 2.50 bits per heavy atom. The second-order valence-electron chi connectivity index (χ2n) is 1.42. The van der Waals surface area contributed by atoms with Crippen molar-refractivity contribution in [2.75, 3.05) is 20.8 Å². The van der Waals surface area contributed by atoms with Crippen molar-refractivity contribution in [3.63, 3.8) is 0 Å². The van der Waals surface area contributed by atoms with Crippen molar-refractivity contribution in [3.05, 3.63) is 0 Å². The van der Waals surface area contributed by atoms with E-state index in [4.69, 9.17) is 0 Å². The molecule has 0 aromatic heterocycles. The fourth-order valence-electron chi connectivity index (χ4n) is 0.256. The normalized spacial score (nSPS) is 8.20. The minimum atomic E-state index is -0.858. The van der Waals surface area contributed by atoms with Crippen LogP contribution in [0.3, 0.4) is 0 Å². The SMILES string of the molecule is CNC(=O)COC(=O)OC. The van der Waals surface area contributed by atoms with Crippen molar-refractivity contribution in [1.82, 2.24) is 5.32 Å². The predicted molar refractivity (Wildman–Crippen MR) is 32.4 cm³/mol. The van der Waals surface area contributed by atoms with E-state index in [1.54, 1.807) is 0 Å². The molecular formula is C5H9NO4. The molecular weight excluding hydrogens is 138 g/mol. The van der Waals surface area contributed by atoms with Gasteiger partial charge in [-0.15, -0.1) is 0 Å². The Labute approximate surface area is 58.3 Å². The van der Waals surface area contributed by atoms with Crippen LogP contribution in [0.5, 0.6) is 0 Å². The number of rotatable bonds is 2. The van der Waals surface area contributed by atoms with E-state index in [0.717, 1.165) is 0 Å². The summed E-state index contributed by atoms with van der Waals surface area (Å²) in [5.41, 5.74) is 0. The maximum Gasteiger partial charge on any atom is 0.508 e. The van der Waals surface area contributed by atoms with Gasteiger partial charge in [0.05, 0.1) is 7.11 Å². The van der Waals surface area contributed by atoms with Crippen molar-refractivity contribution in [2.24, 2.45) is 0 Å². The van der Waals surface area contributed by atoms with Crippen LogP contribution in [0.1, 0.15) is 0 Å². The molecule has 0 aliphatic rings. The summed E-state index contributed by atoms with van der Waals surface area (Å²) in [7, 11) is 2.62. The number of carbonyl (C=O) groups excluding carboxylic acids is 2. The lowest BCUT2D eigenvalue weighted by molar-refractivity contribution is -0.124. The van der Waals surface area contributed by atoms with Crippen molar-refractivity contribution < 1.29 is 19.1 Å². The summed E-state index contributed by atoms with van der Waals surface area (Å²) >= 11 is 0. The molecule has 0 aromatic rings. The highest BCUT2D eigenvalue weighted by molar-refractivity contribution is 5.78. The Bertz CT molecular complexity index is 118. The van der Waals surface area contributed by atoms with Gasteiger partial charge in [0.2, 0.25) is 0 Å². The molecule has 0 saturated carbocycles. The smallest absolute Gasteiger partial charge is 0.438 e. The van der Waals surface area contributed by atoms with Gasteiger partial charge in [0.15, 0.2) is 6.61 Å². The molecule has 0 unspecified atom stereocenters. The van der Waals surface area contributed by atoms with E-state index in [2.05, 4.69) is 14.8 Å². The molecule has 0 spiro atoms. The molecule has 0 atom stereocenters. The minimum Gasteiger partial charge on any atom is -0.438 e. The second kappa shape index (κ2) is 4.60. The number of carbonyl (C=O) groups is 2. The van der Waals surface area contributed by atoms with Gasteiger partial charge in [-0.05, 0) is 0 Å². The van der Waals surface area contributed by atoms with Crippen LogP contribution in [0.2, 0.25) is 0 Å². The fourth-order valence-corrected chi connectivity index (χ4v) is 0.256. The van der Waals surface area contributed by atoms with E-state index in [-0.39, 0.29) is 12.5 Å². The summed E-state index contributed by atoms with van der Waals surface area (Å²) in [5.74, 6) is -0.370. The number of hydrogen-bond donors (Lipinski definition) is 1. The van der Waals surface area contributed by atoms with Crippen LogP contribution in [0.25, 0.3) is 0 Å². The minimum absolute atomic E-state index is 0.302. The maximum absolute atomic E-state index is 10.4. The first-order chi connectivity index (χ1) is 4.70. The van der Waals surface area contributed by atoms with Crippen LogP contribution >= 0.6 is 0 Å². The number of nitrogens with one attached hydrogen (secondary N) is 1. The zero-order valence-corrected chi connectivity index (χ0v) is 5.84. The highest BCUT2D eigenvalue weighted by Crippen LogP contribution is 1.80. The summed E-state index contributed by atoms with van der Waals surface area (Å²) in [6.07, 6.45) is -0.858. The molecule has 0 rings (SSSR count). The summed E-state index contributed by atoms with van der Waals surface area (Å²) in [6.45, 7) is -0.302. The maximum atomic E-state index is 10.4. The van der Waals surface area contributed by atoms with Gasteiger partial charge in [-0.3, -0.25) is 4.79 Å². The van der Waals surface area contributed by atoms with Gasteiger partial charge in [-0.1, -0.05) is 0 Å². The Morgan fingerprint density at radius 1 is 1.50 bits per heavy atom. The molecule has 0 radical (unpaired) electrons. The van der Waals surface area contributed by atoms with Crippen LogP contribution in [-0.2, 0) is 14.3 Å². The molecule has 0 aromatic carbocycles. The summed E-state index contributed by atoms with van der Waals surface area (Å²) in [6, 6.07) is 0. The van der Waals surface area contributed by atoms with Crippen molar-refractivity contribution in [3.8, 4) is 0 Å². The van der Waals surface area contributed by atoms with Gasteiger partial charge in [0.25, 0.3) is 5.91 Å². The standard InChI is InChI=1S/C5H9NO4/c1-6-4(7)3-10-5(8)9-2/h3H2,1-2H3,(H,6,7). The lowest BCUT2D eigenvalue weighted by atomic mass is 10.7. The third kappa shape index (κ3) is 3.71.